The molecule has 2 fully saturated rings. The average Bonchev–Trinajstić information content (AvgIpc) is 3.49. The number of benzene rings is 2. The average molecular weight is 417 g/mol. The molecule has 2 aliphatic rings. The largest absolute Gasteiger partial charge is 0.341 e. The van der Waals surface area contributed by atoms with Gasteiger partial charge in [0.15, 0.2) is 0 Å². The molecule has 0 spiro atoms. The van der Waals surface area contributed by atoms with Gasteiger partial charge in [-0.25, -0.2) is 4.98 Å². The van der Waals surface area contributed by atoms with Crippen LogP contribution in [0.3, 0.4) is 0 Å². The summed E-state index contributed by atoms with van der Waals surface area (Å²) in [6.45, 7) is 6.68. The van der Waals surface area contributed by atoms with Crippen LogP contribution in [0.2, 0.25) is 0 Å². The van der Waals surface area contributed by atoms with Gasteiger partial charge in [-0.3, -0.25) is 9.59 Å². The van der Waals surface area contributed by atoms with E-state index in [0.29, 0.717) is 13.0 Å². The van der Waals surface area contributed by atoms with Gasteiger partial charge in [0.2, 0.25) is 11.8 Å². The van der Waals surface area contributed by atoms with Gasteiger partial charge in [-0.15, -0.1) is 0 Å². The van der Waals surface area contributed by atoms with Crippen LogP contribution in [0, 0.1) is 13.8 Å². The van der Waals surface area contributed by atoms with Crippen LogP contribution in [-0.4, -0.2) is 45.9 Å². The van der Waals surface area contributed by atoms with Crippen LogP contribution in [0.1, 0.15) is 42.1 Å². The predicted molar refractivity (Wildman–Crippen MR) is 121 cm³/mol. The van der Waals surface area contributed by atoms with Gasteiger partial charge < -0.3 is 14.4 Å². The number of carbonyl (C=O) groups is 2. The van der Waals surface area contributed by atoms with Crippen LogP contribution in [0.15, 0.2) is 42.5 Å². The number of aryl methyl sites for hydroxylation is 1. The standard InChI is InChI=1S/C25H28N4O2/c1-17-8-7-11-21(18(17)2)28-15-19(14-23(28)30)25-26-20-9-3-4-10-22(20)29(25)16-24(31)27-12-5-6-13-27/h3-4,7-11,19H,5-6,12-16H2,1-2H3. The zero-order valence-corrected chi connectivity index (χ0v) is 18.2. The fourth-order valence-electron chi connectivity index (χ4n) is 4.92. The van der Waals surface area contributed by atoms with Gasteiger partial charge in [0.25, 0.3) is 0 Å². The van der Waals surface area contributed by atoms with Crippen molar-refractivity contribution in [3.63, 3.8) is 0 Å². The third kappa shape index (κ3) is 3.50. The van der Waals surface area contributed by atoms with Gasteiger partial charge in [0, 0.05) is 37.7 Å². The summed E-state index contributed by atoms with van der Waals surface area (Å²) >= 11 is 0. The fraction of sp³-hybridized carbons (Fsp3) is 0.400. The topological polar surface area (TPSA) is 58.4 Å². The van der Waals surface area contributed by atoms with E-state index in [2.05, 4.69) is 19.9 Å². The first kappa shape index (κ1) is 19.8. The molecule has 3 aromatic rings. The van der Waals surface area contributed by atoms with Crippen molar-refractivity contribution >= 4 is 28.5 Å². The monoisotopic (exact) mass is 416 g/mol. The number of carbonyl (C=O) groups excluding carboxylic acids is 2. The minimum atomic E-state index is -0.0359. The highest BCUT2D eigenvalue weighted by Gasteiger charge is 2.36. The highest BCUT2D eigenvalue weighted by molar-refractivity contribution is 5.97. The normalized spacial score (nSPS) is 19.0. The summed E-state index contributed by atoms with van der Waals surface area (Å²) in [7, 11) is 0. The van der Waals surface area contributed by atoms with Crippen molar-refractivity contribution in [2.24, 2.45) is 0 Å². The van der Waals surface area contributed by atoms with Gasteiger partial charge in [-0.1, -0.05) is 24.3 Å². The fourth-order valence-corrected chi connectivity index (χ4v) is 4.92. The highest BCUT2D eigenvalue weighted by atomic mass is 16.2. The number of nitrogens with zero attached hydrogens (tertiary/aromatic N) is 4. The van der Waals surface area contributed by atoms with Crippen molar-refractivity contribution in [2.75, 3.05) is 24.5 Å². The maximum Gasteiger partial charge on any atom is 0.242 e. The Labute approximate surface area is 182 Å². The Bertz CT molecular complexity index is 1160. The number of fused-ring (bicyclic) bond motifs is 1. The van der Waals surface area contributed by atoms with E-state index in [1.54, 1.807) is 0 Å². The van der Waals surface area contributed by atoms with Gasteiger partial charge in [-0.05, 0) is 56.0 Å². The van der Waals surface area contributed by atoms with E-state index < -0.39 is 0 Å². The van der Waals surface area contributed by atoms with Crippen LogP contribution in [0.25, 0.3) is 11.0 Å². The molecule has 0 aliphatic carbocycles. The first-order valence-electron chi connectivity index (χ1n) is 11.1. The Hall–Kier alpha value is -3.15. The van der Waals surface area contributed by atoms with E-state index in [-0.39, 0.29) is 24.3 Å². The van der Waals surface area contributed by atoms with Crippen molar-refractivity contribution in [3.05, 3.63) is 59.4 Å². The van der Waals surface area contributed by atoms with Crippen LogP contribution in [-0.2, 0) is 16.1 Å². The summed E-state index contributed by atoms with van der Waals surface area (Å²) in [5, 5.41) is 0. The molecule has 2 aromatic carbocycles. The zero-order chi connectivity index (χ0) is 21.5. The van der Waals surface area contributed by atoms with Crippen molar-refractivity contribution in [1.29, 1.82) is 0 Å². The van der Waals surface area contributed by atoms with Gasteiger partial charge >= 0.3 is 0 Å². The number of amides is 2. The number of anilines is 1. The summed E-state index contributed by atoms with van der Waals surface area (Å²) in [6.07, 6.45) is 2.56. The third-order valence-electron chi connectivity index (χ3n) is 6.79. The molecule has 0 N–H and O–H groups in total. The Morgan fingerprint density at radius 3 is 2.65 bits per heavy atom. The Balaban J connectivity index is 1.49. The summed E-state index contributed by atoms with van der Waals surface area (Å²) in [5.41, 5.74) is 5.13. The number of aromatic nitrogens is 2. The number of imidazole rings is 1. The molecule has 2 saturated heterocycles. The van der Waals surface area contributed by atoms with E-state index in [1.165, 1.54) is 5.56 Å². The summed E-state index contributed by atoms with van der Waals surface area (Å²) in [5.74, 6) is 1.06. The minimum Gasteiger partial charge on any atom is -0.341 e. The van der Waals surface area contributed by atoms with Gasteiger partial charge in [0.05, 0.1) is 11.0 Å². The predicted octanol–water partition coefficient (Wildman–Crippen LogP) is 3.80. The van der Waals surface area contributed by atoms with E-state index in [9.17, 15) is 9.59 Å². The lowest BCUT2D eigenvalue weighted by atomic mass is 10.1. The lowest BCUT2D eigenvalue weighted by Gasteiger charge is -2.21. The quantitative estimate of drug-likeness (QED) is 0.650. The zero-order valence-electron chi connectivity index (χ0n) is 18.2. The lowest BCUT2D eigenvalue weighted by Crippen LogP contribution is -2.32. The molecular formula is C25H28N4O2. The molecule has 1 aromatic heterocycles. The van der Waals surface area contributed by atoms with Crippen molar-refractivity contribution in [3.8, 4) is 0 Å². The molecule has 1 atom stereocenters. The molecule has 160 valence electrons. The highest BCUT2D eigenvalue weighted by Crippen LogP contribution is 2.35. The maximum atomic E-state index is 13.0. The molecule has 5 rings (SSSR count). The van der Waals surface area contributed by atoms with E-state index >= 15 is 0 Å². The summed E-state index contributed by atoms with van der Waals surface area (Å²) in [6, 6.07) is 14.0. The smallest absolute Gasteiger partial charge is 0.242 e. The molecule has 6 nitrogen and oxygen atoms in total. The molecule has 6 heteroatoms. The second-order valence-corrected chi connectivity index (χ2v) is 8.76. The van der Waals surface area contributed by atoms with Crippen molar-refractivity contribution in [2.45, 2.75) is 45.6 Å². The number of rotatable bonds is 4. The van der Waals surface area contributed by atoms with Crippen LogP contribution >= 0.6 is 0 Å². The third-order valence-corrected chi connectivity index (χ3v) is 6.79. The van der Waals surface area contributed by atoms with Gasteiger partial charge in [-0.2, -0.15) is 0 Å². The van der Waals surface area contributed by atoms with Crippen LogP contribution in [0.5, 0.6) is 0 Å². The lowest BCUT2D eigenvalue weighted by molar-refractivity contribution is -0.130. The maximum absolute atomic E-state index is 13.0. The van der Waals surface area contributed by atoms with Crippen molar-refractivity contribution in [1.82, 2.24) is 14.5 Å². The van der Waals surface area contributed by atoms with Crippen LogP contribution in [0.4, 0.5) is 5.69 Å². The van der Waals surface area contributed by atoms with E-state index in [0.717, 1.165) is 54.0 Å². The van der Waals surface area contributed by atoms with E-state index in [1.807, 2.05) is 50.8 Å². The molecule has 0 radical (unpaired) electrons. The summed E-state index contributed by atoms with van der Waals surface area (Å²) in [4.78, 5) is 34.7. The molecule has 1 unspecified atom stereocenters. The number of likely N-dealkylation sites (tertiary alicyclic amines) is 1. The number of hydrogen-bond donors (Lipinski definition) is 0. The Morgan fingerprint density at radius 2 is 1.84 bits per heavy atom. The summed E-state index contributed by atoms with van der Waals surface area (Å²) < 4.78 is 2.04. The molecule has 31 heavy (non-hydrogen) atoms. The first-order valence-corrected chi connectivity index (χ1v) is 11.1. The minimum absolute atomic E-state index is 0.0359. The SMILES string of the molecule is Cc1cccc(N2CC(c3nc4ccccc4n3CC(=O)N3CCCC3)CC2=O)c1C. The van der Waals surface area contributed by atoms with E-state index in [4.69, 9.17) is 4.98 Å². The molecular weight excluding hydrogens is 388 g/mol. The first-order chi connectivity index (χ1) is 15.0. The molecule has 2 aliphatic heterocycles. The second kappa shape index (κ2) is 7.84. The second-order valence-electron chi connectivity index (χ2n) is 8.76. The molecule has 3 heterocycles. The number of hydrogen-bond acceptors (Lipinski definition) is 3. The molecule has 0 saturated carbocycles. The van der Waals surface area contributed by atoms with Crippen molar-refractivity contribution < 1.29 is 9.59 Å². The number of para-hydroxylation sites is 2. The molecule has 0 bridgehead atoms. The Kier molecular flexibility index (Phi) is 5.00. The Morgan fingerprint density at radius 1 is 1.06 bits per heavy atom. The molecule has 2 amide bonds. The van der Waals surface area contributed by atoms with Crippen LogP contribution < -0.4 is 4.90 Å². The van der Waals surface area contributed by atoms with Gasteiger partial charge in [0.1, 0.15) is 12.4 Å².